The molecule has 0 heterocycles. The molecular weight excluding hydrogens is 388 g/mol. The molecule has 3 unspecified atom stereocenters. The Kier molecular flexibility index (Phi) is 7.78. The summed E-state index contributed by atoms with van der Waals surface area (Å²) in [5.41, 5.74) is 2.27. The Hall–Kier alpha value is -0.680. The van der Waals surface area contributed by atoms with Gasteiger partial charge in [0, 0.05) is 11.8 Å². The summed E-state index contributed by atoms with van der Waals surface area (Å²) in [4.78, 5) is 0. The van der Waals surface area contributed by atoms with Crippen LogP contribution in [0.15, 0.2) is 23.3 Å². The maximum atomic E-state index is 10.2. The van der Waals surface area contributed by atoms with Crippen molar-refractivity contribution in [3.63, 3.8) is 0 Å². The van der Waals surface area contributed by atoms with Crippen LogP contribution in [0.4, 0.5) is 0 Å². The Morgan fingerprint density at radius 1 is 1.13 bits per heavy atom. The van der Waals surface area contributed by atoms with Crippen molar-refractivity contribution in [3.8, 4) is 0 Å². The van der Waals surface area contributed by atoms with Crippen molar-refractivity contribution in [1.82, 2.24) is 0 Å². The van der Waals surface area contributed by atoms with Gasteiger partial charge in [-0.3, -0.25) is 0 Å². The molecule has 0 aromatic rings. The first-order chi connectivity index (χ1) is 14.4. The van der Waals surface area contributed by atoms with E-state index < -0.39 is 17.8 Å². The standard InChI is InChI=1S/C27H46O4/c1-17(26(4,5)30)16-31-19(3)22-11-12-23-21(8-7-13-27(22,23)6)10-9-20-14-24(28)18(2)25(29)15-20/h9-10,17-19,22-25,28-30H,7-8,11-16H2,1-6H3/b20-9?,21-10+/t17-,18?,19+,22?,23?,24+,25+,27?/m0/s1. The number of allylic oxidation sites excluding steroid dienone is 3. The average Bonchev–Trinajstić information content (AvgIpc) is 3.05. The molecule has 3 N–H and O–H groups in total. The fourth-order valence-electron chi connectivity index (χ4n) is 6.28. The third-order valence-corrected chi connectivity index (χ3v) is 9.11. The second-order valence-electron chi connectivity index (χ2n) is 11.7. The summed E-state index contributed by atoms with van der Waals surface area (Å²) >= 11 is 0. The van der Waals surface area contributed by atoms with Crippen LogP contribution in [-0.2, 0) is 4.74 Å². The highest BCUT2D eigenvalue weighted by molar-refractivity contribution is 5.26. The molecule has 178 valence electrons. The average molecular weight is 435 g/mol. The third kappa shape index (κ3) is 5.46. The lowest BCUT2D eigenvalue weighted by Crippen LogP contribution is -2.40. The van der Waals surface area contributed by atoms with E-state index >= 15 is 0 Å². The molecule has 7 atom stereocenters. The zero-order valence-corrected chi connectivity index (χ0v) is 20.6. The summed E-state index contributed by atoms with van der Waals surface area (Å²) < 4.78 is 6.31. The molecule has 0 bridgehead atoms. The first-order valence-electron chi connectivity index (χ1n) is 12.5. The van der Waals surface area contributed by atoms with Gasteiger partial charge in [0.2, 0.25) is 0 Å². The van der Waals surface area contributed by atoms with Gasteiger partial charge in [-0.05, 0) is 83.0 Å². The molecule has 0 aliphatic heterocycles. The van der Waals surface area contributed by atoms with Crippen LogP contribution in [0.5, 0.6) is 0 Å². The predicted molar refractivity (Wildman–Crippen MR) is 126 cm³/mol. The van der Waals surface area contributed by atoms with Crippen LogP contribution >= 0.6 is 0 Å². The van der Waals surface area contributed by atoms with E-state index in [2.05, 4.69) is 32.9 Å². The molecular formula is C27H46O4. The highest BCUT2D eigenvalue weighted by atomic mass is 16.5. The summed E-state index contributed by atoms with van der Waals surface area (Å²) in [5.74, 6) is 1.21. The molecule has 3 fully saturated rings. The molecule has 3 aliphatic carbocycles. The van der Waals surface area contributed by atoms with Crippen molar-refractivity contribution in [2.45, 2.75) is 110 Å². The van der Waals surface area contributed by atoms with E-state index in [9.17, 15) is 15.3 Å². The molecule has 3 saturated carbocycles. The molecule has 4 heteroatoms. The lowest BCUT2D eigenvalue weighted by Gasteiger charge is -2.44. The summed E-state index contributed by atoms with van der Waals surface area (Å²) in [5, 5.41) is 30.7. The van der Waals surface area contributed by atoms with Crippen LogP contribution in [0, 0.1) is 29.1 Å². The first kappa shape index (κ1) is 25.0. The summed E-state index contributed by atoms with van der Waals surface area (Å²) in [7, 11) is 0. The fourth-order valence-corrected chi connectivity index (χ4v) is 6.28. The van der Waals surface area contributed by atoms with Gasteiger partial charge in [0.15, 0.2) is 0 Å². The normalized spacial score (nSPS) is 40.0. The van der Waals surface area contributed by atoms with Crippen molar-refractivity contribution in [1.29, 1.82) is 0 Å². The maximum Gasteiger partial charge on any atom is 0.0639 e. The Balaban J connectivity index is 1.68. The smallest absolute Gasteiger partial charge is 0.0639 e. The zero-order chi connectivity index (χ0) is 23.0. The lowest BCUT2D eigenvalue weighted by molar-refractivity contribution is -0.0720. The van der Waals surface area contributed by atoms with Crippen LogP contribution in [0.25, 0.3) is 0 Å². The van der Waals surface area contributed by atoms with Crippen LogP contribution < -0.4 is 0 Å². The minimum Gasteiger partial charge on any atom is -0.392 e. The molecule has 0 spiro atoms. The van der Waals surface area contributed by atoms with Gasteiger partial charge in [-0.25, -0.2) is 0 Å². The topological polar surface area (TPSA) is 69.9 Å². The molecule has 4 nitrogen and oxygen atoms in total. The predicted octanol–water partition coefficient (Wildman–Crippen LogP) is 5.02. The summed E-state index contributed by atoms with van der Waals surface area (Å²) in [6, 6.07) is 0. The molecule has 31 heavy (non-hydrogen) atoms. The number of hydrogen-bond donors (Lipinski definition) is 3. The van der Waals surface area contributed by atoms with Crippen LogP contribution in [0.3, 0.4) is 0 Å². The van der Waals surface area contributed by atoms with E-state index in [1.807, 2.05) is 20.8 Å². The molecule has 0 saturated heterocycles. The number of aliphatic hydroxyl groups is 3. The number of aliphatic hydroxyl groups excluding tert-OH is 2. The Bertz CT molecular complexity index is 661. The van der Waals surface area contributed by atoms with Crippen molar-refractivity contribution < 1.29 is 20.1 Å². The van der Waals surface area contributed by atoms with Gasteiger partial charge >= 0.3 is 0 Å². The van der Waals surface area contributed by atoms with E-state index in [-0.39, 0.29) is 23.4 Å². The van der Waals surface area contributed by atoms with Gasteiger partial charge in [-0.2, -0.15) is 0 Å². The van der Waals surface area contributed by atoms with Gasteiger partial charge in [0.05, 0.1) is 30.5 Å². The second-order valence-corrected chi connectivity index (χ2v) is 11.7. The van der Waals surface area contributed by atoms with E-state index in [1.165, 1.54) is 31.3 Å². The highest BCUT2D eigenvalue weighted by Gasteiger charge is 2.51. The highest BCUT2D eigenvalue weighted by Crippen LogP contribution is 2.58. The van der Waals surface area contributed by atoms with Crippen molar-refractivity contribution in [2.75, 3.05) is 6.61 Å². The molecule has 0 amide bonds. The van der Waals surface area contributed by atoms with Crippen LogP contribution in [0.2, 0.25) is 0 Å². The molecule has 3 rings (SSSR count). The monoisotopic (exact) mass is 434 g/mol. The third-order valence-electron chi connectivity index (χ3n) is 9.11. The first-order valence-corrected chi connectivity index (χ1v) is 12.5. The fraction of sp³-hybridized carbons (Fsp3) is 0.852. The maximum absolute atomic E-state index is 10.2. The number of fused-ring (bicyclic) bond motifs is 1. The minimum absolute atomic E-state index is 0.0426. The Morgan fingerprint density at radius 3 is 2.39 bits per heavy atom. The largest absolute Gasteiger partial charge is 0.392 e. The Morgan fingerprint density at radius 2 is 1.77 bits per heavy atom. The van der Waals surface area contributed by atoms with Crippen molar-refractivity contribution in [2.24, 2.45) is 29.1 Å². The molecule has 0 aromatic carbocycles. The molecule has 3 aliphatic rings. The van der Waals surface area contributed by atoms with E-state index in [1.54, 1.807) is 5.57 Å². The Labute approximate surface area is 189 Å². The lowest BCUT2D eigenvalue weighted by atomic mass is 9.62. The van der Waals surface area contributed by atoms with E-state index in [0.29, 0.717) is 31.3 Å². The van der Waals surface area contributed by atoms with Crippen molar-refractivity contribution in [3.05, 3.63) is 23.3 Å². The van der Waals surface area contributed by atoms with E-state index in [4.69, 9.17) is 4.74 Å². The summed E-state index contributed by atoms with van der Waals surface area (Å²) in [6.07, 6.45) is 11.2. The van der Waals surface area contributed by atoms with Gasteiger partial charge in [0.25, 0.3) is 0 Å². The summed E-state index contributed by atoms with van der Waals surface area (Å²) in [6.45, 7) is 13.0. The zero-order valence-electron chi connectivity index (χ0n) is 20.6. The van der Waals surface area contributed by atoms with E-state index in [0.717, 1.165) is 6.42 Å². The number of ether oxygens (including phenoxy) is 1. The molecule has 0 aromatic heterocycles. The van der Waals surface area contributed by atoms with Gasteiger partial charge in [-0.15, -0.1) is 0 Å². The quantitative estimate of drug-likeness (QED) is 0.549. The SMILES string of the molecule is CC1[C@H](O)CC(=C/C=C2\CCCC3(C)C2CCC3[C@@H](C)OC[C@H](C)C(C)(C)O)C[C@H]1O. The van der Waals surface area contributed by atoms with Gasteiger partial charge in [0.1, 0.15) is 0 Å². The van der Waals surface area contributed by atoms with Gasteiger partial charge in [-0.1, -0.05) is 44.1 Å². The van der Waals surface area contributed by atoms with Crippen molar-refractivity contribution >= 4 is 0 Å². The van der Waals surface area contributed by atoms with Crippen LogP contribution in [-0.4, -0.2) is 45.8 Å². The number of hydrogen-bond acceptors (Lipinski definition) is 4. The second kappa shape index (κ2) is 9.67. The van der Waals surface area contributed by atoms with Gasteiger partial charge < -0.3 is 20.1 Å². The van der Waals surface area contributed by atoms with Crippen LogP contribution in [0.1, 0.15) is 86.5 Å². The minimum atomic E-state index is -0.714. The number of rotatable bonds is 6. The molecule has 0 radical (unpaired) electrons.